The van der Waals surface area contributed by atoms with E-state index in [0.29, 0.717) is 5.39 Å². The third kappa shape index (κ3) is 1.50. The Morgan fingerprint density at radius 3 is 2.56 bits per heavy atom. The molecule has 0 saturated carbocycles. The van der Waals surface area contributed by atoms with Gasteiger partial charge >= 0.3 is 0 Å². The SMILES string of the molecule is O=c1c2ccc(O)cc2oc2c(Cl)cc(O)cc12. The Kier molecular flexibility index (Phi) is 2.21. The fourth-order valence-corrected chi connectivity index (χ4v) is 2.14. The van der Waals surface area contributed by atoms with E-state index in [1.165, 1.54) is 30.3 Å². The second-order valence-electron chi connectivity index (χ2n) is 3.92. The Labute approximate surface area is 106 Å². The van der Waals surface area contributed by atoms with Gasteiger partial charge in [0.1, 0.15) is 17.1 Å². The van der Waals surface area contributed by atoms with Crippen LogP contribution in [0.4, 0.5) is 0 Å². The van der Waals surface area contributed by atoms with E-state index in [1.54, 1.807) is 0 Å². The van der Waals surface area contributed by atoms with Gasteiger partial charge in [-0.3, -0.25) is 4.79 Å². The highest BCUT2D eigenvalue weighted by atomic mass is 35.5. The zero-order chi connectivity index (χ0) is 12.9. The summed E-state index contributed by atoms with van der Waals surface area (Å²) in [6, 6.07) is 6.81. The maximum absolute atomic E-state index is 12.2. The average Bonchev–Trinajstić information content (AvgIpc) is 2.31. The smallest absolute Gasteiger partial charge is 0.200 e. The minimum Gasteiger partial charge on any atom is -0.508 e. The highest BCUT2D eigenvalue weighted by Gasteiger charge is 2.12. The fourth-order valence-electron chi connectivity index (χ4n) is 1.89. The number of phenolic OH excluding ortho intramolecular Hbond substituents is 2. The van der Waals surface area contributed by atoms with Crippen LogP contribution in [-0.4, -0.2) is 10.2 Å². The van der Waals surface area contributed by atoms with Crippen LogP contribution in [0.5, 0.6) is 11.5 Å². The number of fused-ring (bicyclic) bond motifs is 2. The van der Waals surface area contributed by atoms with Gasteiger partial charge in [-0.25, -0.2) is 0 Å². The van der Waals surface area contributed by atoms with Gasteiger partial charge in [-0.2, -0.15) is 0 Å². The summed E-state index contributed by atoms with van der Waals surface area (Å²) in [6.45, 7) is 0. The predicted molar refractivity (Wildman–Crippen MR) is 68.3 cm³/mol. The highest BCUT2D eigenvalue weighted by molar-refractivity contribution is 6.35. The first-order valence-electron chi connectivity index (χ1n) is 5.14. The molecule has 0 radical (unpaired) electrons. The van der Waals surface area contributed by atoms with Gasteiger partial charge in [0.2, 0.25) is 5.43 Å². The molecule has 0 bridgehead atoms. The highest BCUT2D eigenvalue weighted by Crippen LogP contribution is 2.30. The normalized spacial score (nSPS) is 11.2. The molecule has 1 aromatic heterocycles. The number of hydrogen-bond acceptors (Lipinski definition) is 4. The molecule has 2 aromatic carbocycles. The minimum atomic E-state index is -0.302. The molecular formula is C13H7ClO4. The van der Waals surface area contributed by atoms with Crippen molar-refractivity contribution in [2.45, 2.75) is 0 Å². The Hall–Kier alpha value is -2.20. The van der Waals surface area contributed by atoms with Gasteiger partial charge in [-0.15, -0.1) is 0 Å². The third-order valence-corrected chi connectivity index (χ3v) is 2.98. The van der Waals surface area contributed by atoms with Crippen molar-refractivity contribution >= 4 is 33.5 Å². The molecule has 4 nitrogen and oxygen atoms in total. The maximum atomic E-state index is 12.2. The monoisotopic (exact) mass is 262 g/mol. The number of hydrogen-bond donors (Lipinski definition) is 2. The standard InChI is InChI=1S/C13H7ClO4/c14-10-4-7(16)3-9-12(17)8-2-1-6(15)5-11(8)18-13(9)10/h1-5,15-16H. The maximum Gasteiger partial charge on any atom is 0.200 e. The lowest BCUT2D eigenvalue weighted by molar-refractivity contribution is 0.473. The molecule has 0 unspecified atom stereocenters. The first kappa shape index (κ1) is 10.9. The molecule has 0 aliphatic carbocycles. The van der Waals surface area contributed by atoms with Crippen LogP contribution in [0.2, 0.25) is 5.02 Å². The van der Waals surface area contributed by atoms with E-state index in [0.717, 1.165) is 0 Å². The van der Waals surface area contributed by atoms with Crippen LogP contribution in [0.25, 0.3) is 21.9 Å². The summed E-state index contributed by atoms with van der Waals surface area (Å²) in [5.74, 6) is -0.0992. The molecule has 0 amide bonds. The van der Waals surface area contributed by atoms with Gasteiger partial charge in [0, 0.05) is 12.1 Å². The average molecular weight is 263 g/mol. The number of halogens is 1. The van der Waals surface area contributed by atoms with Crippen molar-refractivity contribution in [2.24, 2.45) is 0 Å². The van der Waals surface area contributed by atoms with Crippen LogP contribution < -0.4 is 5.43 Å². The molecule has 0 spiro atoms. The number of phenols is 2. The van der Waals surface area contributed by atoms with Crippen LogP contribution in [0, 0.1) is 0 Å². The van der Waals surface area contributed by atoms with E-state index in [2.05, 4.69) is 0 Å². The quantitative estimate of drug-likeness (QED) is 0.611. The van der Waals surface area contributed by atoms with Crippen molar-refractivity contribution in [1.29, 1.82) is 0 Å². The van der Waals surface area contributed by atoms with E-state index in [1.807, 2.05) is 0 Å². The second kappa shape index (κ2) is 3.65. The molecule has 2 N–H and O–H groups in total. The van der Waals surface area contributed by atoms with Crippen LogP contribution in [0.15, 0.2) is 39.5 Å². The summed E-state index contributed by atoms with van der Waals surface area (Å²) in [6.07, 6.45) is 0. The van der Waals surface area contributed by atoms with E-state index in [-0.39, 0.29) is 38.5 Å². The fraction of sp³-hybridized carbons (Fsp3) is 0. The van der Waals surface area contributed by atoms with Gasteiger partial charge < -0.3 is 14.6 Å². The van der Waals surface area contributed by atoms with E-state index >= 15 is 0 Å². The van der Waals surface area contributed by atoms with Crippen LogP contribution >= 0.6 is 11.6 Å². The van der Waals surface area contributed by atoms with E-state index < -0.39 is 0 Å². The largest absolute Gasteiger partial charge is 0.508 e. The molecule has 0 aliphatic rings. The molecule has 18 heavy (non-hydrogen) atoms. The summed E-state index contributed by atoms with van der Waals surface area (Å²) in [4.78, 5) is 12.2. The lowest BCUT2D eigenvalue weighted by Crippen LogP contribution is -2.01. The second-order valence-corrected chi connectivity index (χ2v) is 4.32. The van der Waals surface area contributed by atoms with Gasteiger partial charge in [0.25, 0.3) is 0 Å². The summed E-state index contributed by atoms with van der Waals surface area (Å²) in [5, 5.41) is 19.5. The first-order chi connectivity index (χ1) is 8.56. The van der Waals surface area contributed by atoms with Crippen molar-refractivity contribution in [1.82, 2.24) is 0 Å². The number of aromatic hydroxyl groups is 2. The Morgan fingerprint density at radius 1 is 1.00 bits per heavy atom. The Balaban J connectivity index is 2.61. The number of rotatable bonds is 0. The van der Waals surface area contributed by atoms with Crippen molar-refractivity contribution < 1.29 is 14.6 Å². The topological polar surface area (TPSA) is 70.7 Å². The lowest BCUT2D eigenvalue weighted by atomic mass is 10.1. The summed E-state index contributed by atoms with van der Waals surface area (Å²) >= 11 is 5.92. The van der Waals surface area contributed by atoms with Gasteiger partial charge in [0.15, 0.2) is 5.58 Å². The van der Waals surface area contributed by atoms with Crippen molar-refractivity contribution in [3.8, 4) is 11.5 Å². The molecule has 0 fully saturated rings. The first-order valence-corrected chi connectivity index (χ1v) is 5.52. The predicted octanol–water partition coefficient (Wildman–Crippen LogP) is 3.01. The van der Waals surface area contributed by atoms with Crippen molar-refractivity contribution in [3.05, 3.63) is 45.6 Å². The molecular weight excluding hydrogens is 256 g/mol. The molecule has 1 heterocycles. The van der Waals surface area contributed by atoms with Crippen LogP contribution in [0.3, 0.4) is 0 Å². The molecule has 5 heteroatoms. The Bertz CT molecular complexity index is 836. The van der Waals surface area contributed by atoms with Gasteiger partial charge in [-0.05, 0) is 18.2 Å². The summed E-state index contributed by atoms with van der Waals surface area (Å²) < 4.78 is 5.49. The molecule has 0 saturated heterocycles. The minimum absolute atomic E-state index is 0.0000919. The van der Waals surface area contributed by atoms with Crippen molar-refractivity contribution in [3.63, 3.8) is 0 Å². The van der Waals surface area contributed by atoms with Crippen LogP contribution in [-0.2, 0) is 0 Å². The zero-order valence-corrected chi connectivity index (χ0v) is 9.73. The molecule has 0 atom stereocenters. The third-order valence-electron chi connectivity index (χ3n) is 2.69. The molecule has 0 aliphatic heterocycles. The molecule has 3 rings (SSSR count). The molecule has 3 aromatic rings. The number of benzene rings is 2. The lowest BCUT2D eigenvalue weighted by Gasteiger charge is -2.04. The van der Waals surface area contributed by atoms with E-state index in [9.17, 15) is 15.0 Å². The van der Waals surface area contributed by atoms with Crippen LogP contribution in [0.1, 0.15) is 0 Å². The summed E-state index contributed by atoms with van der Waals surface area (Å²) in [7, 11) is 0. The Morgan fingerprint density at radius 2 is 1.78 bits per heavy atom. The zero-order valence-electron chi connectivity index (χ0n) is 8.98. The summed E-state index contributed by atoms with van der Waals surface area (Å²) in [5.41, 5.74) is 0.140. The molecule has 90 valence electrons. The van der Waals surface area contributed by atoms with Gasteiger partial charge in [0.05, 0.1) is 15.8 Å². The van der Waals surface area contributed by atoms with Crippen molar-refractivity contribution in [2.75, 3.05) is 0 Å². The van der Waals surface area contributed by atoms with E-state index in [4.69, 9.17) is 16.0 Å². The van der Waals surface area contributed by atoms with Gasteiger partial charge in [-0.1, -0.05) is 11.6 Å².